The second kappa shape index (κ2) is 5.89. The van der Waals surface area contributed by atoms with E-state index in [1.807, 2.05) is 19.1 Å². The van der Waals surface area contributed by atoms with Crippen LogP contribution in [0.25, 0.3) is 0 Å². The van der Waals surface area contributed by atoms with Gasteiger partial charge in [-0.3, -0.25) is 0 Å². The molecule has 74 valence electrons. The second-order valence-electron chi connectivity index (χ2n) is 2.58. The monoisotopic (exact) mass is 227 g/mol. The molecule has 0 radical (unpaired) electrons. The molecule has 1 rings (SSSR count). The van der Waals surface area contributed by atoms with Gasteiger partial charge in [0.2, 0.25) is 0 Å². The number of nitrogens with zero attached hydrogens (tertiary/aromatic N) is 1. The Kier molecular flexibility index (Phi) is 4.77. The van der Waals surface area contributed by atoms with E-state index < -0.39 is 0 Å². The van der Waals surface area contributed by atoms with Crippen molar-refractivity contribution in [2.24, 2.45) is 4.99 Å². The predicted octanol–water partition coefficient (Wildman–Crippen LogP) is 3.48. The smallest absolute Gasteiger partial charge is 0.183 e. The molecule has 0 spiro atoms. The minimum Gasteiger partial charge on any atom is -0.352 e. The molecule has 0 aliphatic rings. The van der Waals surface area contributed by atoms with Crippen LogP contribution in [-0.2, 0) is 4.74 Å². The van der Waals surface area contributed by atoms with Crippen molar-refractivity contribution in [3.63, 3.8) is 0 Å². The molecule has 0 N–H and O–H groups in total. The summed E-state index contributed by atoms with van der Waals surface area (Å²) in [5.74, 6) is 0. The molecule has 1 aromatic rings. The van der Waals surface area contributed by atoms with Gasteiger partial charge in [-0.05, 0) is 31.3 Å². The maximum absolute atomic E-state index is 5.76. The first-order valence-corrected chi connectivity index (χ1v) is 5.00. The molecule has 0 aliphatic carbocycles. The molecule has 1 aromatic carbocycles. The summed E-state index contributed by atoms with van der Waals surface area (Å²) in [6.07, 6.45) is -0.366. The molecule has 0 heterocycles. The van der Waals surface area contributed by atoms with Gasteiger partial charge in [0.15, 0.2) is 6.23 Å². The van der Waals surface area contributed by atoms with Gasteiger partial charge in [0.1, 0.15) is 0 Å². The highest BCUT2D eigenvalue weighted by atomic mass is 35.5. The third kappa shape index (κ3) is 3.20. The zero-order valence-corrected chi connectivity index (χ0v) is 9.31. The summed E-state index contributed by atoms with van der Waals surface area (Å²) in [7, 11) is 0. The van der Waals surface area contributed by atoms with E-state index in [0.29, 0.717) is 11.6 Å². The molecule has 0 fully saturated rings. The standard InChI is InChI=1S/C10H10ClNOS/c1-2-13-10(12-7-14)8-3-5-9(11)6-4-8/h3-6,10H,2H2,1H3. The molecule has 14 heavy (non-hydrogen) atoms. The van der Waals surface area contributed by atoms with Crippen LogP contribution in [0.5, 0.6) is 0 Å². The van der Waals surface area contributed by atoms with Gasteiger partial charge < -0.3 is 4.74 Å². The summed E-state index contributed by atoms with van der Waals surface area (Å²) in [6, 6.07) is 7.31. The minimum absolute atomic E-state index is 0.366. The Bertz CT molecular complexity index is 332. The Morgan fingerprint density at radius 3 is 2.64 bits per heavy atom. The summed E-state index contributed by atoms with van der Waals surface area (Å²) in [5, 5.41) is 3.01. The lowest BCUT2D eigenvalue weighted by atomic mass is 10.2. The molecule has 0 bridgehead atoms. The SMILES string of the molecule is CCOC(N=C=S)c1ccc(Cl)cc1. The molecule has 2 nitrogen and oxygen atoms in total. The van der Waals surface area contributed by atoms with Gasteiger partial charge in [-0.2, -0.15) is 4.99 Å². The van der Waals surface area contributed by atoms with Crippen molar-refractivity contribution < 1.29 is 4.74 Å². The van der Waals surface area contributed by atoms with Gasteiger partial charge in [0, 0.05) is 17.2 Å². The first kappa shape index (κ1) is 11.3. The van der Waals surface area contributed by atoms with Gasteiger partial charge in [0.25, 0.3) is 0 Å². The maximum Gasteiger partial charge on any atom is 0.183 e. The van der Waals surface area contributed by atoms with Crippen molar-refractivity contribution in [1.29, 1.82) is 0 Å². The number of thiocarbonyl (C=S) groups is 1. The summed E-state index contributed by atoms with van der Waals surface area (Å²) < 4.78 is 5.37. The third-order valence-electron chi connectivity index (χ3n) is 1.65. The zero-order valence-electron chi connectivity index (χ0n) is 7.74. The highest BCUT2D eigenvalue weighted by molar-refractivity contribution is 7.78. The summed E-state index contributed by atoms with van der Waals surface area (Å²) in [5.41, 5.74) is 0.925. The Labute approximate surface area is 93.6 Å². The van der Waals surface area contributed by atoms with Crippen molar-refractivity contribution >= 4 is 29.0 Å². The molecule has 0 saturated heterocycles. The molecule has 0 amide bonds. The largest absolute Gasteiger partial charge is 0.352 e. The van der Waals surface area contributed by atoms with Crippen LogP contribution >= 0.6 is 23.8 Å². The number of aliphatic imine (C=N–C) groups is 1. The molecule has 1 unspecified atom stereocenters. The van der Waals surface area contributed by atoms with E-state index >= 15 is 0 Å². The average molecular weight is 228 g/mol. The molecule has 1 atom stereocenters. The number of ether oxygens (including phenoxy) is 1. The van der Waals surface area contributed by atoms with E-state index in [1.54, 1.807) is 12.1 Å². The fourth-order valence-electron chi connectivity index (χ4n) is 1.04. The van der Waals surface area contributed by atoms with Crippen LogP contribution < -0.4 is 0 Å². The normalized spacial score (nSPS) is 11.9. The lowest BCUT2D eigenvalue weighted by Crippen LogP contribution is -2.00. The maximum atomic E-state index is 5.76. The highest BCUT2D eigenvalue weighted by Crippen LogP contribution is 2.20. The second-order valence-corrected chi connectivity index (χ2v) is 3.20. The van der Waals surface area contributed by atoms with E-state index in [0.717, 1.165) is 5.56 Å². The lowest BCUT2D eigenvalue weighted by molar-refractivity contribution is 0.0700. The number of hydrogen-bond acceptors (Lipinski definition) is 3. The van der Waals surface area contributed by atoms with E-state index in [1.165, 1.54) is 0 Å². The Morgan fingerprint density at radius 1 is 1.50 bits per heavy atom. The zero-order chi connectivity index (χ0) is 10.4. The minimum atomic E-state index is -0.366. The summed E-state index contributed by atoms with van der Waals surface area (Å²) >= 11 is 10.3. The van der Waals surface area contributed by atoms with Gasteiger partial charge in [-0.1, -0.05) is 23.7 Å². The van der Waals surface area contributed by atoms with Crippen LogP contribution in [0, 0.1) is 0 Å². The fourth-order valence-corrected chi connectivity index (χ4v) is 1.26. The fraction of sp³-hybridized carbons (Fsp3) is 0.300. The predicted molar refractivity (Wildman–Crippen MR) is 60.8 cm³/mol. The number of isothiocyanates is 1. The average Bonchev–Trinajstić information content (AvgIpc) is 2.19. The first-order chi connectivity index (χ1) is 6.77. The van der Waals surface area contributed by atoms with Gasteiger partial charge in [-0.25, -0.2) is 0 Å². The van der Waals surface area contributed by atoms with Gasteiger partial charge >= 0.3 is 0 Å². The Hall–Kier alpha value is -0.730. The molecule has 4 heteroatoms. The quantitative estimate of drug-likeness (QED) is 0.580. The van der Waals surface area contributed by atoms with Crippen LogP contribution in [0.3, 0.4) is 0 Å². The number of rotatable bonds is 4. The number of benzene rings is 1. The van der Waals surface area contributed by atoms with E-state index in [9.17, 15) is 0 Å². The topological polar surface area (TPSA) is 21.6 Å². The van der Waals surface area contributed by atoms with Crippen LogP contribution in [0.4, 0.5) is 0 Å². The van der Waals surface area contributed by atoms with Crippen LogP contribution in [0.1, 0.15) is 18.7 Å². The van der Waals surface area contributed by atoms with Crippen molar-refractivity contribution in [1.82, 2.24) is 0 Å². The van der Waals surface area contributed by atoms with Crippen LogP contribution in [0.2, 0.25) is 5.02 Å². The first-order valence-electron chi connectivity index (χ1n) is 4.22. The summed E-state index contributed by atoms with van der Waals surface area (Å²) in [4.78, 5) is 3.91. The third-order valence-corrected chi connectivity index (χ3v) is 2.01. The van der Waals surface area contributed by atoms with Crippen molar-refractivity contribution in [3.05, 3.63) is 34.9 Å². The molecule has 0 aliphatic heterocycles. The van der Waals surface area contributed by atoms with Gasteiger partial charge in [-0.15, -0.1) is 0 Å². The summed E-state index contributed by atoms with van der Waals surface area (Å²) in [6.45, 7) is 2.48. The van der Waals surface area contributed by atoms with E-state index in [4.69, 9.17) is 16.3 Å². The lowest BCUT2D eigenvalue weighted by Gasteiger charge is -2.10. The highest BCUT2D eigenvalue weighted by Gasteiger charge is 2.07. The van der Waals surface area contributed by atoms with Crippen molar-refractivity contribution in [3.8, 4) is 0 Å². The molecular weight excluding hydrogens is 218 g/mol. The molecular formula is C10H10ClNOS. The van der Waals surface area contributed by atoms with Crippen molar-refractivity contribution in [2.45, 2.75) is 13.2 Å². The Morgan fingerprint density at radius 2 is 2.14 bits per heavy atom. The van der Waals surface area contributed by atoms with Gasteiger partial charge in [0.05, 0.1) is 5.16 Å². The van der Waals surface area contributed by atoms with Crippen molar-refractivity contribution in [2.75, 3.05) is 6.61 Å². The number of hydrogen-bond donors (Lipinski definition) is 0. The number of halogens is 1. The van der Waals surface area contributed by atoms with E-state index in [-0.39, 0.29) is 6.23 Å². The van der Waals surface area contributed by atoms with Crippen LogP contribution in [-0.4, -0.2) is 11.8 Å². The Balaban J connectivity index is 2.87. The van der Waals surface area contributed by atoms with E-state index in [2.05, 4.69) is 22.4 Å². The molecule has 0 aromatic heterocycles. The van der Waals surface area contributed by atoms with Crippen LogP contribution in [0.15, 0.2) is 29.3 Å². The molecule has 0 saturated carbocycles.